The van der Waals surface area contributed by atoms with Gasteiger partial charge in [-0.05, 0) is 100 Å². The van der Waals surface area contributed by atoms with Gasteiger partial charge in [0.25, 0.3) is 11.8 Å². The van der Waals surface area contributed by atoms with Crippen molar-refractivity contribution in [3.05, 3.63) is 153 Å². The van der Waals surface area contributed by atoms with Crippen LogP contribution in [0.2, 0.25) is 0 Å². The molecule has 2 aliphatic heterocycles. The lowest BCUT2D eigenvalue weighted by molar-refractivity contribution is -0.144. The fraction of sp³-hybridized carbons (Fsp3) is 0.367. The number of hydrogen-bond acceptors (Lipinski definition) is 14. The summed E-state index contributed by atoms with van der Waals surface area (Å²) < 4.78 is 167. The van der Waals surface area contributed by atoms with Crippen molar-refractivity contribution in [3.63, 3.8) is 0 Å². The summed E-state index contributed by atoms with van der Waals surface area (Å²) in [5, 5.41) is 28.1. The zero-order valence-corrected chi connectivity index (χ0v) is 48.6. The van der Waals surface area contributed by atoms with Gasteiger partial charge in [-0.1, -0.05) is 0 Å². The van der Waals surface area contributed by atoms with Crippen LogP contribution in [0.25, 0.3) is 33.8 Å². The normalized spacial score (nSPS) is 16.8. The monoisotopic (exact) mass is 1240 g/mol. The van der Waals surface area contributed by atoms with Crippen molar-refractivity contribution in [2.75, 3.05) is 80.9 Å². The molecule has 2 N–H and O–H groups in total. The number of piperazine rings is 2. The lowest BCUT2D eigenvalue weighted by atomic mass is 10.0. The topological polar surface area (TPSA) is 185 Å². The zero-order chi connectivity index (χ0) is 63.8. The molecule has 0 spiro atoms. The lowest BCUT2D eigenvalue weighted by Crippen LogP contribution is -2.55. The van der Waals surface area contributed by atoms with Gasteiger partial charge in [-0.2, -0.15) is 36.5 Å². The van der Waals surface area contributed by atoms with Gasteiger partial charge in [-0.15, -0.1) is 0 Å². The number of carbonyl (C=O) groups is 2. The number of aliphatic hydroxyl groups is 2. The van der Waals surface area contributed by atoms with Crippen LogP contribution < -0.4 is 18.9 Å². The summed E-state index contributed by atoms with van der Waals surface area (Å²) in [6.45, 7) is 5.37. The molecular formula is C60H60F10N10O8. The summed E-state index contributed by atoms with van der Waals surface area (Å²) in [4.78, 5) is 42.8. The molecule has 6 heterocycles. The molecule has 0 unspecified atom stereocenters. The van der Waals surface area contributed by atoms with Crippen LogP contribution in [-0.4, -0.2) is 164 Å². The number of rotatable bonds is 14. The highest BCUT2D eigenvalue weighted by atomic mass is 19.4. The van der Waals surface area contributed by atoms with Crippen LogP contribution in [0.5, 0.6) is 23.0 Å². The van der Waals surface area contributed by atoms with Gasteiger partial charge < -0.3 is 39.0 Å². The van der Waals surface area contributed by atoms with Crippen molar-refractivity contribution >= 4 is 23.1 Å². The molecule has 88 heavy (non-hydrogen) atoms. The number of amides is 2. The summed E-state index contributed by atoms with van der Waals surface area (Å²) in [6, 6.07) is 13.9. The van der Waals surface area contributed by atoms with Crippen LogP contribution >= 0.6 is 0 Å². The third-order valence-electron chi connectivity index (χ3n) is 15.8. The molecule has 10 rings (SSSR count). The average Bonchev–Trinajstić information content (AvgIpc) is 1.56. The summed E-state index contributed by atoms with van der Waals surface area (Å²) in [6.07, 6.45) is -7.48. The first-order chi connectivity index (χ1) is 41.8. The first-order valence-corrected chi connectivity index (χ1v) is 27.4. The van der Waals surface area contributed by atoms with Gasteiger partial charge in [-0.3, -0.25) is 19.4 Å². The Labute approximate surface area is 497 Å². The van der Waals surface area contributed by atoms with E-state index in [1.807, 2.05) is 0 Å². The highest BCUT2D eigenvalue weighted by Gasteiger charge is 2.43. The molecule has 4 aromatic carbocycles. The molecule has 0 radical (unpaired) electrons. The number of halogens is 10. The Morgan fingerprint density at radius 2 is 0.898 bits per heavy atom. The van der Waals surface area contributed by atoms with E-state index in [2.05, 4.69) is 20.2 Å². The molecule has 0 saturated carbocycles. The van der Waals surface area contributed by atoms with Gasteiger partial charge in [-0.25, -0.2) is 36.6 Å². The number of aromatic nitrogens is 6. The van der Waals surface area contributed by atoms with E-state index in [1.165, 1.54) is 52.1 Å². The molecule has 0 aliphatic carbocycles. The first-order valence-electron chi connectivity index (χ1n) is 27.4. The van der Waals surface area contributed by atoms with Crippen molar-refractivity contribution in [2.45, 2.75) is 64.2 Å². The smallest absolute Gasteiger partial charge is 0.433 e. The Bertz CT molecular complexity index is 3630. The number of ether oxygens (including phenoxy) is 4. The molecule has 2 amide bonds. The molecule has 2 aliphatic rings. The minimum absolute atomic E-state index is 0.0352. The number of carbonyl (C=O) groups excluding carboxylic acids is 2. The average molecular weight is 1240 g/mol. The van der Waals surface area contributed by atoms with E-state index < -0.39 is 96.2 Å². The Balaban J connectivity index is 0.000000209. The Morgan fingerprint density at radius 3 is 1.19 bits per heavy atom. The Hall–Kier alpha value is -8.60. The van der Waals surface area contributed by atoms with Gasteiger partial charge in [0.05, 0.1) is 77.5 Å². The molecule has 4 aromatic heterocycles. The molecule has 468 valence electrons. The van der Waals surface area contributed by atoms with Crippen LogP contribution in [0.1, 0.15) is 80.3 Å². The molecule has 28 heteroatoms. The van der Waals surface area contributed by atoms with Crippen LogP contribution in [0.3, 0.4) is 0 Å². The second-order valence-electron chi connectivity index (χ2n) is 20.9. The van der Waals surface area contributed by atoms with Crippen molar-refractivity contribution in [1.29, 1.82) is 0 Å². The van der Waals surface area contributed by atoms with Crippen molar-refractivity contribution in [3.8, 4) is 45.5 Å². The van der Waals surface area contributed by atoms with E-state index in [1.54, 1.807) is 72.2 Å². The standard InChI is InChI=1S/2C30H30F5N5O4/c2*1-16-14-38(22(15-41)24-21(31)9-10-23(44-4)25(24)32)11-12-39(16)29(42)20-13-36-40-27(30(33,34)35)17(2)26(37-28(20)40)18-5-7-19(43-3)8-6-18/h2*5-10,13,16,22,41H,11-12,14-15H2,1-4H3/t16-,22+;16-,22-/m11/s1. The highest BCUT2D eigenvalue weighted by molar-refractivity contribution is 6.01. The lowest BCUT2D eigenvalue weighted by Gasteiger charge is -2.43. The molecule has 8 aromatic rings. The molecular weight excluding hydrogens is 1180 g/mol. The van der Waals surface area contributed by atoms with Crippen LogP contribution in [0.4, 0.5) is 43.9 Å². The summed E-state index contributed by atoms with van der Waals surface area (Å²) in [5.41, 5.74) is -3.07. The molecule has 2 saturated heterocycles. The number of benzene rings is 4. The predicted molar refractivity (Wildman–Crippen MR) is 299 cm³/mol. The van der Waals surface area contributed by atoms with Crippen LogP contribution in [0.15, 0.2) is 85.2 Å². The number of methoxy groups -OCH3 is 4. The quantitative estimate of drug-likeness (QED) is 0.0981. The SMILES string of the molecule is COc1ccc(-c2nc3c(C(=O)N4CCN([C@@H](CO)c5c(F)ccc(OC)c5F)C[C@H]4C)cnn3c(C(F)(F)F)c2C)cc1.COc1ccc(-c2nc3c(C(=O)N4CCN([C@H](CO)c5c(F)ccc(OC)c5F)C[C@H]4C)cnn3c(C(F)(F)F)c2C)cc1. The maximum atomic E-state index is 15.0. The van der Waals surface area contributed by atoms with Gasteiger partial charge in [0.1, 0.15) is 34.3 Å². The Morgan fingerprint density at radius 1 is 0.545 bits per heavy atom. The maximum Gasteiger partial charge on any atom is 0.433 e. The highest BCUT2D eigenvalue weighted by Crippen LogP contribution is 2.41. The van der Waals surface area contributed by atoms with Crippen LogP contribution in [0, 0.1) is 37.1 Å². The largest absolute Gasteiger partial charge is 0.497 e. The number of aliphatic hydroxyl groups excluding tert-OH is 2. The Kier molecular flexibility index (Phi) is 18.6. The number of fused-ring (bicyclic) bond motifs is 2. The van der Waals surface area contributed by atoms with Crippen molar-refractivity contribution < 1.29 is 82.7 Å². The van der Waals surface area contributed by atoms with Gasteiger partial charge >= 0.3 is 12.4 Å². The minimum Gasteiger partial charge on any atom is -0.497 e. The zero-order valence-electron chi connectivity index (χ0n) is 48.6. The number of alkyl halides is 6. The van der Waals surface area contributed by atoms with Crippen molar-refractivity contribution in [2.24, 2.45) is 0 Å². The van der Waals surface area contributed by atoms with Gasteiger partial charge in [0.2, 0.25) is 0 Å². The molecule has 18 nitrogen and oxygen atoms in total. The fourth-order valence-corrected chi connectivity index (χ4v) is 11.4. The summed E-state index contributed by atoms with van der Waals surface area (Å²) in [5.74, 6) is -4.10. The summed E-state index contributed by atoms with van der Waals surface area (Å²) in [7, 11) is 5.43. The summed E-state index contributed by atoms with van der Waals surface area (Å²) >= 11 is 0. The second-order valence-corrected chi connectivity index (χ2v) is 20.9. The molecule has 0 bridgehead atoms. The van der Waals surface area contributed by atoms with E-state index in [-0.39, 0.29) is 107 Å². The molecule has 2 fully saturated rings. The van der Waals surface area contributed by atoms with E-state index >= 15 is 8.78 Å². The van der Waals surface area contributed by atoms with E-state index in [0.717, 1.165) is 36.7 Å². The van der Waals surface area contributed by atoms with E-state index in [0.29, 0.717) is 31.7 Å². The van der Waals surface area contributed by atoms with E-state index in [4.69, 9.17) is 18.9 Å². The maximum absolute atomic E-state index is 15.0. The minimum atomic E-state index is -4.80. The van der Waals surface area contributed by atoms with Crippen LogP contribution in [-0.2, 0) is 12.4 Å². The third-order valence-corrected chi connectivity index (χ3v) is 15.8. The van der Waals surface area contributed by atoms with E-state index in [9.17, 15) is 54.9 Å². The van der Waals surface area contributed by atoms with Gasteiger partial charge in [0, 0.05) is 84.7 Å². The van der Waals surface area contributed by atoms with Crippen molar-refractivity contribution in [1.82, 2.24) is 48.8 Å². The molecule has 4 atom stereocenters. The number of hydrogen-bond donors (Lipinski definition) is 2. The number of nitrogens with zero attached hydrogens (tertiary/aromatic N) is 10. The predicted octanol–water partition coefficient (Wildman–Crippen LogP) is 9.80. The first kappa shape index (κ1) is 63.9. The fourth-order valence-electron chi connectivity index (χ4n) is 11.4. The third kappa shape index (κ3) is 12.1. The van der Waals surface area contributed by atoms with Gasteiger partial charge in [0.15, 0.2) is 45.8 Å². The second kappa shape index (κ2) is 25.6.